The van der Waals surface area contributed by atoms with Crippen LogP contribution in [-0.2, 0) is 4.79 Å². The summed E-state index contributed by atoms with van der Waals surface area (Å²) in [5.41, 5.74) is 1.43. The fraction of sp³-hybridized carbons (Fsp3) is 0.111. The maximum absolute atomic E-state index is 13.0. The van der Waals surface area contributed by atoms with Crippen LogP contribution in [0.3, 0.4) is 0 Å². The van der Waals surface area contributed by atoms with Crippen LogP contribution in [0.5, 0.6) is 11.5 Å². The van der Waals surface area contributed by atoms with Gasteiger partial charge in [-0.05, 0) is 59.8 Å². The molecule has 4 rings (SSSR count). The number of hydrogen-bond donors (Lipinski definition) is 0. The molecule has 25 heavy (non-hydrogen) atoms. The minimum Gasteiger partial charge on any atom is -0.454 e. The second kappa shape index (κ2) is 6.25. The molecule has 5 nitrogen and oxygen atoms in total. The Balaban J connectivity index is 1.61. The van der Waals surface area contributed by atoms with Crippen LogP contribution < -0.4 is 9.47 Å². The number of nitrogens with zero attached hydrogens (tertiary/aromatic N) is 2. The van der Waals surface area contributed by atoms with Crippen LogP contribution in [0.2, 0.25) is 0 Å². The third kappa shape index (κ3) is 3.10. The number of hydrogen-bond acceptors (Lipinski definition) is 5. The van der Waals surface area contributed by atoms with Crippen LogP contribution in [0.4, 0.5) is 10.1 Å². The number of rotatable bonds is 2. The van der Waals surface area contributed by atoms with Crippen LogP contribution >= 0.6 is 11.8 Å². The van der Waals surface area contributed by atoms with Gasteiger partial charge in [0.2, 0.25) is 6.79 Å². The van der Waals surface area contributed by atoms with Crippen molar-refractivity contribution >= 4 is 34.6 Å². The van der Waals surface area contributed by atoms with Gasteiger partial charge in [0.25, 0.3) is 5.91 Å². The number of aliphatic imine (C=N–C) groups is 1. The lowest BCUT2D eigenvalue weighted by molar-refractivity contribution is -0.121. The summed E-state index contributed by atoms with van der Waals surface area (Å²) in [6.07, 6.45) is 1.79. The van der Waals surface area contributed by atoms with E-state index in [1.54, 1.807) is 25.3 Å². The van der Waals surface area contributed by atoms with Gasteiger partial charge in [-0.3, -0.25) is 9.69 Å². The molecule has 0 aromatic heterocycles. The van der Waals surface area contributed by atoms with Crippen molar-refractivity contribution in [1.82, 2.24) is 4.90 Å². The number of amides is 1. The molecule has 0 N–H and O–H groups in total. The zero-order valence-electron chi connectivity index (χ0n) is 13.2. The fourth-order valence-corrected chi connectivity index (χ4v) is 3.42. The molecule has 1 amide bonds. The number of ether oxygens (including phenoxy) is 2. The van der Waals surface area contributed by atoms with Crippen molar-refractivity contribution in [2.75, 3.05) is 13.8 Å². The summed E-state index contributed by atoms with van der Waals surface area (Å²) < 4.78 is 23.6. The first-order valence-electron chi connectivity index (χ1n) is 7.52. The molecule has 1 fully saturated rings. The number of likely N-dealkylation sites (N-methyl/N-ethyl adjacent to an activating group) is 1. The summed E-state index contributed by atoms with van der Waals surface area (Å²) in [4.78, 5) is 18.9. The summed E-state index contributed by atoms with van der Waals surface area (Å²) >= 11 is 1.28. The Morgan fingerprint density at radius 2 is 1.92 bits per heavy atom. The van der Waals surface area contributed by atoms with Gasteiger partial charge < -0.3 is 9.47 Å². The first-order chi connectivity index (χ1) is 12.1. The lowest BCUT2D eigenvalue weighted by atomic mass is 10.2. The van der Waals surface area contributed by atoms with Gasteiger partial charge in [-0.2, -0.15) is 0 Å². The SMILES string of the molecule is CN1C(=O)/C(=C\c2ccc3c(c2)OCO3)SC1=Nc1ccc(F)cc1. The highest BCUT2D eigenvalue weighted by atomic mass is 32.2. The number of benzene rings is 2. The molecule has 2 heterocycles. The number of carbonyl (C=O) groups is 1. The molecule has 2 aromatic rings. The third-order valence-electron chi connectivity index (χ3n) is 3.75. The molecule has 0 spiro atoms. The van der Waals surface area contributed by atoms with E-state index in [1.165, 1.54) is 28.8 Å². The molecule has 2 aromatic carbocycles. The lowest BCUT2D eigenvalue weighted by Crippen LogP contribution is -2.23. The molecule has 0 radical (unpaired) electrons. The van der Waals surface area contributed by atoms with E-state index in [0.717, 1.165) is 5.56 Å². The molecule has 126 valence electrons. The van der Waals surface area contributed by atoms with Gasteiger partial charge >= 0.3 is 0 Å². The monoisotopic (exact) mass is 356 g/mol. The first kappa shape index (κ1) is 15.7. The Kier molecular flexibility index (Phi) is 3.93. The number of fused-ring (bicyclic) bond motifs is 1. The number of carbonyl (C=O) groups excluding carboxylic acids is 1. The van der Waals surface area contributed by atoms with Crippen LogP contribution in [0.1, 0.15) is 5.56 Å². The van der Waals surface area contributed by atoms with E-state index in [2.05, 4.69) is 4.99 Å². The van der Waals surface area contributed by atoms with Crippen molar-refractivity contribution in [3.05, 3.63) is 58.8 Å². The highest BCUT2D eigenvalue weighted by Gasteiger charge is 2.30. The smallest absolute Gasteiger partial charge is 0.266 e. The van der Waals surface area contributed by atoms with Crippen molar-refractivity contribution in [2.24, 2.45) is 4.99 Å². The molecule has 0 bridgehead atoms. The maximum atomic E-state index is 13.0. The van der Waals surface area contributed by atoms with E-state index in [4.69, 9.17) is 9.47 Å². The van der Waals surface area contributed by atoms with Crippen molar-refractivity contribution in [1.29, 1.82) is 0 Å². The van der Waals surface area contributed by atoms with Crippen LogP contribution in [0, 0.1) is 5.82 Å². The van der Waals surface area contributed by atoms with Crippen molar-refractivity contribution in [2.45, 2.75) is 0 Å². The highest BCUT2D eigenvalue weighted by Crippen LogP contribution is 2.36. The van der Waals surface area contributed by atoms with Crippen molar-refractivity contribution in [3.63, 3.8) is 0 Å². The molecular formula is C18H13FN2O3S. The van der Waals surface area contributed by atoms with E-state index in [0.29, 0.717) is 27.3 Å². The highest BCUT2D eigenvalue weighted by molar-refractivity contribution is 8.18. The van der Waals surface area contributed by atoms with Gasteiger partial charge in [0.05, 0.1) is 10.6 Å². The molecule has 7 heteroatoms. The molecular weight excluding hydrogens is 343 g/mol. The van der Waals surface area contributed by atoms with E-state index in [9.17, 15) is 9.18 Å². The maximum Gasteiger partial charge on any atom is 0.266 e. The van der Waals surface area contributed by atoms with E-state index < -0.39 is 0 Å². The van der Waals surface area contributed by atoms with Crippen molar-refractivity contribution in [3.8, 4) is 11.5 Å². The Labute approximate surface area is 147 Å². The topological polar surface area (TPSA) is 51.1 Å². The molecule has 2 aliphatic rings. The van der Waals surface area contributed by atoms with Crippen LogP contribution in [0.15, 0.2) is 52.4 Å². The number of halogens is 1. The van der Waals surface area contributed by atoms with E-state index in [1.807, 2.05) is 18.2 Å². The summed E-state index contributed by atoms with van der Waals surface area (Å²) in [6, 6.07) is 11.3. The summed E-state index contributed by atoms with van der Waals surface area (Å²) in [5.74, 6) is 0.904. The summed E-state index contributed by atoms with van der Waals surface area (Å²) in [6.45, 7) is 0.209. The van der Waals surface area contributed by atoms with E-state index in [-0.39, 0.29) is 18.5 Å². The van der Waals surface area contributed by atoms with Gasteiger partial charge in [-0.1, -0.05) is 6.07 Å². The van der Waals surface area contributed by atoms with Gasteiger partial charge in [0, 0.05) is 7.05 Å². The van der Waals surface area contributed by atoms with Gasteiger partial charge in [0.1, 0.15) is 5.82 Å². The second-order valence-electron chi connectivity index (χ2n) is 5.46. The Hall–Kier alpha value is -2.80. The minimum absolute atomic E-state index is 0.136. The lowest BCUT2D eigenvalue weighted by Gasteiger charge is -2.06. The fourth-order valence-electron chi connectivity index (χ4n) is 2.43. The third-order valence-corrected chi connectivity index (χ3v) is 4.81. The molecule has 0 atom stereocenters. The molecule has 0 aliphatic carbocycles. The standard InChI is InChI=1S/C18H13FN2O3S/c1-21-17(22)16(9-11-2-7-14-15(8-11)24-10-23-14)25-18(21)20-13-5-3-12(19)4-6-13/h2-9H,10H2,1H3/b16-9+,20-18?. The second-order valence-corrected chi connectivity index (χ2v) is 6.47. The molecule has 0 saturated carbocycles. The van der Waals surface area contributed by atoms with Gasteiger partial charge in [0.15, 0.2) is 16.7 Å². The molecule has 1 saturated heterocycles. The minimum atomic E-state index is -0.323. The quantitative estimate of drug-likeness (QED) is 0.769. The predicted octanol–water partition coefficient (Wildman–Crippen LogP) is 3.79. The summed E-state index contributed by atoms with van der Waals surface area (Å²) in [5, 5.41) is 0.545. The zero-order chi connectivity index (χ0) is 17.4. The molecule has 0 unspecified atom stereocenters. The Morgan fingerprint density at radius 3 is 2.72 bits per heavy atom. The largest absolute Gasteiger partial charge is 0.454 e. The number of amidine groups is 1. The zero-order valence-corrected chi connectivity index (χ0v) is 14.0. The Bertz CT molecular complexity index is 909. The molecule has 2 aliphatic heterocycles. The van der Waals surface area contributed by atoms with Crippen LogP contribution in [0.25, 0.3) is 6.08 Å². The average Bonchev–Trinajstić information content (AvgIpc) is 3.17. The first-order valence-corrected chi connectivity index (χ1v) is 8.33. The summed E-state index contributed by atoms with van der Waals surface area (Å²) in [7, 11) is 1.66. The van der Waals surface area contributed by atoms with Gasteiger partial charge in [-0.25, -0.2) is 9.38 Å². The predicted molar refractivity (Wildman–Crippen MR) is 94.4 cm³/mol. The van der Waals surface area contributed by atoms with Gasteiger partial charge in [-0.15, -0.1) is 0 Å². The van der Waals surface area contributed by atoms with Crippen molar-refractivity contribution < 1.29 is 18.7 Å². The Morgan fingerprint density at radius 1 is 1.16 bits per heavy atom. The number of thioether (sulfide) groups is 1. The van der Waals surface area contributed by atoms with E-state index >= 15 is 0 Å². The normalized spacial score (nSPS) is 19.3. The van der Waals surface area contributed by atoms with Crippen LogP contribution in [-0.4, -0.2) is 29.8 Å². The average molecular weight is 356 g/mol.